The lowest BCUT2D eigenvalue weighted by Crippen LogP contribution is -2.18. The first-order chi connectivity index (χ1) is 14.1. The molecule has 6 nitrogen and oxygen atoms in total. The van der Waals surface area contributed by atoms with Crippen LogP contribution in [0.2, 0.25) is 0 Å². The molecule has 0 aliphatic heterocycles. The van der Waals surface area contributed by atoms with Gasteiger partial charge < -0.3 is 19.3 Å². The number of rotatable bonds is 6. The Morgan fingerprint density at radius 3 is 1.87 bits per heavy atom. The van der Waals surface area contributed by atoms with Gasteiger partial charge in [-0.3, -0.25) is 0 Å². The van der Waals surface area contributed by atoms with E-state index in [0.717, 1.165) is 5.56 Å². The molecule has 0 spiro atoms. The van der Waals surface area contributed by atoms with Crippen molar-refractivity contribution in [1.82, 2.24) is 0 Å². The molecule has 162 valence electrons. The van der Waals surface area contributed by atoms with Crippen LogP contribution < -0.4 is 4.74 Å². The molecular formula is C24H30O6. The molecule has 0 saturated carbocycles. The molecule has 0 unspecified atom stereocenters. The molecule has 2 aromatic rings. The van der Waals surface area contributed by atoms with Gasteiger partial charge in [0.2, 0.25) is 0 Å². The van der Waals surface area contributed by atoms with Gasteiger partial charge in [-0.05, 0) is 93.0 Å². The van der Waals surface area contributed by atoms with E-state index in [-0.39, 0.29) is 12.5 Å². The molecule has 0 radical (unpaired) electrons. The Labute approximate surface area is 177 Å². The molecule has 0 saturated heterocycles. The summed E-state index contributed by atoms with van der Waals surface area (Å²) in [4.78, 5) is 25.6. The molecule has 30 heavy (non-hydrogen) atoms. The summed E-state index contributed by atoms with van der Waals surface area (Å²) in [7, 11) is 1.45. The van der Waals surface area contributed by atoms with Gasteiger partial charge in [0.1, 0.15) is 11.5 Å². The van der Waals surface area contributed by atoms with Crippen LogP contribution in [0.4, 0.5) is 0 Å². The van der Waals surface area contributed by atoms with E-state index in [0.29, 0.717) is 56.7 Å². The first-order valence-electron chi connectivity index (χ1n) is 9.87. The molecule has 0 bridgehead atoms. The van der Waals surface area contributed by atoms with Crippen molar-refractivity contribution in [2.75, 3.05) is 13.9 Å². The van der Waals surface area contributed by atoms with Crippen LogP contribution in [-0.2, 0) is 15.9 Å². The number of aromatic hydroxyl groups is 1. The van der Waals surface area contributed by atoms with Gasteiger partial charge >= 0.3 is 11.9 Å². The van der Waals surface area contributed by atoms with Gasteiger partial charge in [0.25, 0.3) is 0 Å². The number of ether oxygens (including phenoxy) is 3. The highest BCUT2D eigenvalue weighted by Crippen LogP contribution is 2.35. The van der Waals surface area contributed by atoms with Gasteiger partial charge in [0.05, 0.1) is 11.1 Å². The molecule has 0 aromatic heterocycles. The summed E-state index contributed by atoms with van der Waals surface area (Å²) in [6, 6.07) is 1.62. The predicted molar refractivity (Wildman–Crippen MR) is 115 cm³/mol. The molecule has 0 amide bonds. The van der Waals surface area contributed by atoms with Crippen molar-refractivity contribution >= 4 is 11.9 Å². The summed E-state index contributed by atoms with van der Waals surface area (Å²) in [5.74, 6) is -0.356. The Bertz CT molecular complexity index is 975. The van der Waals surface area contributed by atoms with Crippen molar-refractivity contribution in [1.29, 1.82) is 0 Å². The normalized spacial score (nSPS) is 10.8. The Kier molecular flexibility index (Phi) is 7.26. The second kappa shape index (κ2) is 9.30. The molecule has 2 rings (SSSR count). The zero-order chi connectivity index (χ0) is 22.7. The van der Waals surface area contributed by atoms with Crippen LogP contribution in [-0.4, -0.2) is 30.9 Å². The van der Waals surface area contributed by atoms with E-state index in [9.17, 15) is 14.7 Å². The first kappa shape index (κ1) is 23.4. The quantitative estimate of drug-likeness (QED) is 0.416. The number of aryl methyl sites for hydroxylation is 1. The summed E-state index contributed by atoms with van der Waals surface area (Å²) in [6.07, 6.45) is 0.583. The van der Waals surface area contributed by atoms with Gasteiger partial charge in [-0.1, -0.05) is 6.92 Å². The highest BCUT2D eigenvalue weighted by molar-refractivity contribution is 5.97. The minimum absolute atomic E-state index is 0.133. The highest BCUT2D eigenvalue weighted by Gasteiger charge is 2.25. The van der Waals surface area contributed by atoms with Crippen LogP contribution in [0.1, 0.15) is 66.6 Å². The number of phenolic OH excluding ortho intramolecular Hbond substituents is 1. The highest BCUT2D eigenvalue weighted by atomic mass is 16.7. The Hall–Kier alpha value is -2.86. The molecular weight excluding hydrogens is 384 g/mol. The maximum absolute atomic E-state index is 13.2. The minimum atomic E-state index is -0.479. The summed E-state index contributed by atoms with van der Waals surface area (Å²) in [5.41, 5.74) is 5.76. The number of esters is 2. The second-order valence-electron chi connectivity index (χ2n) is 7.47. The lowest BCUT2D eigenvalue weighted by atomic mass is 9.92. The first-order valence-corrected chi connectivity index (χ1v) is 9.87. The van der Waals surface area contributed by atoms with Crippen molar-refractivity contribution in [2.45, 2.75) is 54.9 Å². The number of benzene rings is 2. The van der Waals surface area contributed by atoms with E-state index in [2.05, 4.69) is 0 Å². The maximum Gasteiger partial charge on any atom is 0.344 e. The molecule has 0 heterocycles. The molecule has 0 atom stereocenters. The zero-order valence-electron chi connectivity index (χ0n) is 19.0. The summed E-state index contributed by atoms with van der Waals surface area (Å²) >= 11 is 0. The number of phenols is 1. The van der Waals surface area contributed by atoms with Gasteiger partial charge in [0.15, 0.2) is 6.79 Å². The van der Waals surface area contributed by atoms with E-state index in [4.69, 9.17) is 14.2 Å². The number of carbonyl (C=O) groups excluding carboxylic acids is 2. The molecule has 0 aliphatic carbocycles. The van der Waals surface area contributed by atoms with Crippen LogP contribution in [0.15, 0.2) is 6.07 Å². The van der Waals surface area contributed by atoms with Crippen LogP contribution >= 0.6 is 0 Å². The van der Waals surface area contributed by atoms with Gasteiger partial charge in [-0.15, -0.1) is 0 Å². The fraction of sp³-hybridized carbons (Fsp3) is 0.417. The third kappa shape index (κ3) is 4.19. The fourth-order valence-electron chi connectivity index (χ4n) is 3.59. The number of carbonyl (C=O) groups is 2. The number of hydrogen-bond donors (Lipinski definition) is 1. The Balaban J connectivity index is 2.54. The molecule has 0 aliphatic rings. The molecule has 1 N–H and O–H groups in total. The Morgan fingerprint density at radius 2 is 1.37 bits per heavy atom. The van der Waals surface area contributed by atoms with E-state index < -0.39 is 11.9 Å². The molecule has 0 fully saturated rings. The van der Waals surface area contributed by atoms with Crippen molar-refractivity contribution in [2.24, 2.45) is 0 Å². The third-order valence-electron chi connectivity index (χ3n) is 5.80. The zero-order valence-corrected chi connectivity index (χ0v) is 19.0. The summed E-state index contributed by atoms with van der Waals surface area (Å²) in [6.45, 7) is 12.6. The fourth-order valence-corrected chi connectivity index (χ4v) is 3.59. The smallest absolute Gasteiger partial charge is 0.344 e. The third-order valence-corrected chi connectivity index (χ3v) is 5.80. The predicted octanol–water partition coefficient (Wildman–Crippen LogP) is 4.79. The van der Waals surface area contributed by atoms with Crippen LogP contribution in [0.3, 0.4) is 0 Å². The average Bonchev–Trinajstić information content (AvgIpc) is 2.71. The SMILES string of the molecule is CCc1cc(O)c(C)c(C)c1C(=O)Oc1c(C)c(C)c(C(=O)OCOC)c(C)c1C. The standard InChI is InChI=1S/C24H30O6/c1-9-18-10-19(25)12(2)13(3)21(18)24(27)30-22-16(6)14(4)20(15(5)17(22)7)23(26)29-11-28-8/h10,25H,9,11H2,1-8H3. The van der Waals surface area contributed by atoms with Crippen LogP contribution in [0.25, 0.3) is 0 Å². The lowest BCUT2D eigenvalue weighted by molar-refractivity contribution is -0.0126. The van der Waals surface area contributed by atoms with Crippen molar-refractivity contribution in [3.05, 3.63) is 56.1 Å². The monoisotopic (exact) mass is 414 g/mol. The summed E-state index contributed by atoms with van der Waals surface area (Å²) in [5, 5.41) is 10.1. The second-order valence-corrected chi connectivity index (χ2v) is 7.47. The summed E-state index contributed by atoms with van der Waals surface area (Å²) < 4.78 is 15.8. The van der Waals surface area contributed by atoms with Crippen molar-refractivity contribution < 1.29 is 28.9 Å². The minimum Gasteiger partial charge on any atom is -0.508 e. The van der Waals surface area contributed by atoms with Crippen LogP contribution in [0.5, 0.6) is 11.5 Å². The van der Waals surface area contributed by atoms with Crippen molar-refractivity contribution in [3.8, 4) is 11.5 Å². The van der Waals surface area contributed by atoms with Gasteiger partial charge in [-0.25, -0.2) is 9.59 Å². The van der Waals surface area contributed by atoms with E-state index in [1.54, 1.807) is 33.8 Å². The molecule has 6 heteroatoms. The lowest BCUT2D eigenvalue weighted by Gasteiger charge is -2.20. The average molecular weight is 414 g/mol. The van der Waals surface area contributed by atoms with Gasteiger partial charge in [0, 0.05) is 7.11 Å². The van der Waals surface area contributed by atoms with E-state index >= 15 is 0 Å². The van der Waals surface area contributed by atoms with Gasteiger partial charge in [-0.2, -0.15) is 0 Å². The van der Waals surface area contributed by atoms with E-state index in [1.807, 2.05) is 20.8 Å². The molecule has 2 aromatic carbocycles. The Morgan fingerprint density at radius 1 is 0.833 bits per heavy atom. The van der Waals surface area contributed by atoms with Crippen LogP contribution in [0, 0.1) is 41.5 Å². The topological polar surface area (TPSA) is 82.1 Å². The van der Waals surface area contributed by atoms with E-state index in [1.165, 1.54) is 7.11 Å². The van der Waals surface area contributed by atoms with Crippen molar-refractivity contribution in [3.63, 3.8) is 0 Å². The maximum atomic E-state index is 13.2. The number of hydrogen-bond acceptors (Lipinski definition) is 6. The number of methoxy groups -OCH3 is 1. The largest absolute Gasteiger partial charge is 0.508 e.